The van der Waals surface area contributed by atoms with Gasteiger partial charge in [0.1, 0.15) is 4.90 Å². The van der Waals surface area contributed by atoms with Gasteiger partial charge in [-0.15, -0.1) is 0 Å². The van der Waals surface area contributed by atoms with E-state index in [0.29, 0.717) is 9.79 Å². The van der Waals surface area contributed by atoms with Gasteiger partial charge in [0.2, 0.25) is 9.84 Å². The summed E-state index contributed by atoms with van der Waals surface area (Å²) in [4.78, 5) is 0.761. The highest BCUT2D eigenvalue weighted by atomic mass is 32.2. The van der Waals surface area contributed by atoms with Crippen molar-refractivity contribution in [1.82, 2.24) is 4.57 Å². The van der Waals surface area contributed by atoms with E-state index in [1.54, 1.807) is 6.07 Å². The van der Waals surface area contributed by atoms with Crippen molar-refractivity contribution in [2.24, 2.45) is 0 Å². The summed E-state index contributed by atoms with van der Waals surface area (Å²) in [7, 11) is -3.90. The molecule has 9 rings (SSSR count). The Balaban J connectivity index is 1.57. The van der Waals surface area contributed by atoms with Crippen LogP contribution in [0.25, 0.3) is 38.6 Å². The number of hydrogen-bond donors (Lipinski definition) is 0. The zero-order valence-corrected chi connectivity index (χ0v) is 22.8. The first-order chi connectivity index (χ1) is 20.1. The third-order valence-electron chi connectivity index (χ3n) is 9.01. The molecule has 0 fully saturated rings. The van der Waals surface area contributed by atoms with Crippen molar-refractivity contribution >= 4 is 31.6 Å². The normalized spacial score (nSPS) is 15.4. The summed E-state index contributed by atoms with van der Waals surface area (Å²) in [6.07, 6.45) is 0. The average molecular weight is 546 g/mol. The molecule has 2 aliphatic rings. The highest BCUT2D eigenvalue weighted by molar-refractivity contribution is 7.92. The summed E-state index contributed by atoms with van der Waals surface area (Å²) in [5.74, 6) is 0. The number of rotatable bonds is 1. The van der Waals surface area contributed by atoms with Gasteiger partial charge in [0.05, 0.1) is 21.3 Å². The van der Waals surface area contributed by atoms with E-state index in [1.165, 1.54) is 0 Å². The number of hydrogen-bond acceptors (Lipinski definition) is 2. The third kappa shape index (κ3) is 2.66. The molecule has 41 heavy (non-hydrogen) atoms. The van der Waals surface area contributed by atoms with Crippen LogP contribution in [-0.4, -0.2) is 13.0 Å². The minimum Gasteiger partial charge on any atom is -0.308 e. The van der Waals surface area contributed by atoms with Crippen molar-refractivity contribution in [2.45, 2.75) is 15.2 Å². The number of benzene rings is 6. The molecule has 0 bridgehead atoms. The van der Waals surface area contributed by atoms with E-state index in [-0.39, 0.29) is 0 Å². The lowest BCUT2D eigenvalue weighted by Gasteiger charge is -2.40. The Labute approximate surface area is 237 Å². The van der Waals surface area contributed by atoms with Gasteiger partial charge in [-0.1, -0.05) is 115 Å². The summed E-state index contributed by atoms with van der Waals surface area (Å²) < 4.78 is 32.0. The SMILES string of the molecule is O=S1(=O)c2ccccc2C2(c3ccccc3-c3ccccc32)c2ccc3c4ccccc4n(-c4ccccc4)c3c21. The Bertz CT molecular complexity index is 2290. The molecule has 3 nitrogen and oxygen atoms in total. The van der Waals surface area contributed by atoms with Gasteiger partial charge in [0.25, 0.3) is 0 Å². The molecular weight excluding hydrogens is 522 g/mol. The molecule has 0 amide bonds. The molecule has 2 heterocycles. The number of aromatic nitrogens is 1. The van der Waals surface area contributed by atoms with Crippen LogP contribution < -0.4 is 0 Å². The molecule has 1 aliphatic heterocycles. The van der Waals surface area contributed by atoms with Gasteiger partial charge in [-0.2, -0.15) is 0 Å². The zero-order valence-electron chi connectivity index (χ0n) is 22.0. The topological polar surface area (TPSA) is 39.1 Å². The largest absolute Gasteiger partial charge is 0.308 e. The summed E-state index contributed by atoms with van der Waals surface area (Å²) in [6, 6.07) is 47.0. The number of sulfone groups is 1. The first-order valence-electron chi connectivity index (χ1n) is 13.8. The predicted octanol–water partition coefficient (Wildman–Crippen LogP) is 8.29. The molecule has 0 saturated carbocycles. The average Bonchev–Trinajstić information content (AvgIpc) is 3.52. The zero-order chi connectivity index (χ0) is 27.3. The van der Waals surface area contributed by atoms with Crippen LogP contribution in [0.5, 0.6) is 0 Å². The fourth-order valence-electron chi connectivity index (χ4n) is 7.52. The highest BCUT2D eigenvalue weighted by Gasteiger charge is 2.54. The molecule has 1 spiro atoms. The van der Waals surface area contributed by atoms with Crippen molar-refractivity contribution in [3.63, 3.8) is 0 Å². The molecule has 6 aromatic carbocycles. The molecule has 0 atom stereocenters. The van der Waals surface area contributed by atoms with Crippen LogP contribution in [0.3, 0.4) is 0 Å². The summed E-state index contributed by atoms with van der Waals surface area (Å²) in [6.45, 7) is 0. The van der Waals surface area contributed by atoms with Crippen LogP contribution in [0, 0.1) is 0 Å². The lowest BCUT2D eigenvalue weighted by atomic mass is 9.67. The van der Waals surface area contributed by atoms with Gasteiger partial charge >= 0.3 is 0 Å². The third-order valence-corrected chi connectivity index (χ3v) is 10.9. The molecule has 1 aliphatic carbocycles. The van der Waals surface area contributed by atoms with Gasteiger partial charge in [0, 0.05) is 16.5 Å². The van der Waals surface area contributed by atoms with Crippen LogP contribution in [0.1, 0.15) is 22.3 Å². The quantitative estimate of drug-likeness (QED) is 0.208. The smallest absolute Gasteiger partial charge is 0.209 e. The van der Waals surface area contributed by atoms with Gasteiger partial charge in [0.15, 0.2) is 0 Å². The standard InChI is InChI=1S/C37H23NO2S/c39-41(40)34-21-11-9-19-31(34)37(29-17-7-4-14-25(29)26-15-5-8-18-30(26)37)32-23-22-28-27-16-6-10-20-33(27)38(35(28)36(32)41)24-12-2-1-3-13-24/h1-23H. The molecule has 0 N–H and O–H groups in total. The van der Waals surface area contributed by atoms with Gasteiger partial charge < -0.3 is 4.57 Å². The fraction of sp³-hybridized carbons (Fsp3) is 0.0270. The minimum atomic E-state index is -3.90. The Morgan fingerprint density at radius 3 is 1.80 bits per heavy atom. The van der Waals surface area contributed by atoms with Crippen LogP contribution in [0.2, 0.25) is 0 Å². The first kappa shape index (κ1) is 22.8. The van der Waals surface area contributed by atoms with Crippen LogP contribution in [0.15, 0.2) is 149 Å². The summed E-state index contributed by atoms with van der Waals surface area (Å²) >= 11 is 0. The van der Waals surface area contributed by atoms with Crippen LogP contribution in [0.4, 0.5) is 0 Å². The van der Waals surface area contributed by atoms with Crippen molar-refractivity contribution in [3.8, 4) is 16.8 Å². The highest BCUT2D eigenvalue weighted by Crippen LogP contribution is 2.61. The Morgan fingerprint density at radius 1 is 0.488 bits per heavy atom. The molecule has 0 unspecified atom stereocenters. The maximum absolute atomic E-state index is 14.9. The van der Waals surface area contributed by atoms with E-state index in [1.807, 2.05) is 60.7 Å². The van der Waals surface area contributed by atoms with Gasteiger partial charge in [-0.05, 0) is 57.6 Å². The fourth-order valence-corrected chi connectivity index (χ4v) is 9.48. The van der Waals surface area contributed by atoms with Crippen molar-refractivity contribution in [1.29, 1.82) is 0 Å². The van der Waals surface area contributed by atoms with E-state index in [9.17, 15) is 8.42 Å². The van der Waals surface area contributed by atoms with E-state index in [4.69, 9.17) is 0 Å². The second-order valence-corrected chi connectivity index (χ2v) is 12.7. The monoisotopic (exact) mass is 545 g/mol. The van der Waals surface area contributed by atoms with E-state index in [0.717, 1.165) is 60.9 Å². The maximum atomic E-state index is 14.9. The molecule has 7 aromatic rings. The van der Waals surface area contributed by atoms with Crippen molar-refractivity contribution < 1.29 is 8.42 Å². The van der Waals surface area contributed by atoms with E-state index >= 15 is 0 Å². The van der Waals surface area contributed by atoms with Crippen molar-refractivity contribution in [3.05, 3.63) is 162 Å². The molecule has 4 heteroatoms. The van der Waals surface area contributed by atoms with Crippen LogP contribution >= 0.6 is 0 Å². The minimum absolute atomic E-state index is 0.372. The number of fused-ring (bicyclic) bond motifs is 13. The molecule has 0 saturated heterocycles. The Hall–Kier alpha value is -4.93. The lowest BCUT2D eigenvalue weighted by Crippen LogP contribution is -2.36. The first-order valence-corrected chi connectivity index (χ1v) is 15.3. The molecule has 1 aromatic heterocycles. The second-order valence-electron chi connectivity index (χ2n) is 10.9. The number of para-hydroxylation sites is 2. The molecular formula is C37H23NO2S. The summed E-state index contributed by atoms with van der Waals surface area (Å²) in [5, 5.41) is 1.96. The Kier molecular flexibility index (Phi) is 4.37. The maximum Gasteiger partial charge on any atom is 0.209 e. The molecule has 194 valence electrons. The predicted molar refractivity (Wildman–Crippen MR) is 164 cm³/mol. The second kappa shape index (κ2) is 7.84. The van der Waals surface area contributed by atoms with Gasteiger partial charge in [-0.3, -0.25) is 0 Å². The lowest BCUT2D eigenvalue weighted by molar-refractivity contribution is 0.581. The molecule has 0 radical (unpaired) electrons. The summed E-state index contributed by atoms with van der Waals surface area (Å²) in [5.41, 5.74) is 8.02. The van der Waals surface area contributed by atoms with Gasteiger partial charge in [-0.25, -0.2) is 8.42 Å². The van der Waals surface area contributed by atoms with Crippen LogP contribution in [-0.2, 0) is 15.3 Å². The van der Waals surface area contributed by atoms with Crippen molar-refractivity contribution in [2.75, 3.05) is 0 Å². The van der Waals surface area contributed by atoms with E-state index in [2.05, 4.69) is 77.4 Å². The number of nitrogens with zero attached hydrogens (tertiary/aromatic N) is 1. The Morgan fingerprint density at radius 2 is 1.07 bits per heavy atom. The van der Waals surface area contributed by atoms with E-state index < -0.39 is 15.3 Å².